The first kappa shape index (κ1) is 25.9. The highest BCUT2D eigenvalue weighted by molar-refractivity contribution is 8.01. The summed E-state index contributed by atoms with van der Waals surface area (Å²) in [6.07, 6.45) is 6.25. The maximum absolute atomic E-state index is 13.4. The van der Waals surface area contributed by atoms with E-state index in [-0.39, 0.29) is 23.9 Å². The number of carbonyl (C=O) groups excluding carboxylic acids is 3. The maximum Gasteiger partial charge on any atom is 0.327 e. The summed E-state index contributed by atoms with van der Waals surface area (Å²) in [6.45, 7) is 6.53. The number of urea groups is 1. The fraction of sp³-hybridized carbons (Fsp3) is 0.276. The number of nitrogens with one attached hydrogen (secondary N) is 2. The summed E-state index contributed by atoms with van der Waals surface area (Å²) in [5.41, 5.74) is 2.96. The molecule has 3 aliphatic rings. The number of thioether (sulfide) groups is 1. The van der Waals surface area contributed by atoms with Gasteiger partial charge in [-0.25, -0.2) is 9.78 Å². The number of ether oxygens (including phenoxy) is 1. The molecule has 204 valence electrons. The van der Waals surface area contributed by atoms with E-state index in [4.69, 9.17) is 4.74 Å². The number of anilines is 2. The highest BCUT2D eigenvalue weighted by atomic mass is 32.2. The van der Waals surface area contributed by atoms with Crippen LogP contribution in [0.25, 0.3) is 0 Å². The average Bonchev–Trinajstić information content (AvgIpc) is 3.34. The van der Waals surface area contributed by atoms with Gasteiger partial charge in [-0.05, 0) is 68.3 Å². The number of nitrogens with zero attached hydrogens (tertiary/aromatic N) is 4. The number of pyridine rings is 2. The number of aryl methyl sites for hydroxylation is 1. The van der Waals surface area contributed by atoms with Crippen LogP contribution < -0.4 is 20.3 Å². The zero-order chi connectivity index (χ0) is 27.8. The van der Waals surface area contributed by atoms with E-state index in [1.165, 1.54) is 17.8 Å². The molecule has 0 bridgehead atoms. The van der Waals surface area contributed by atoms with Gasteiger partial charge in [-0.15, -0.1) is 0 Å². The van der Waals surface area contributed by atoms with E-state index in [9.17, 15) is 14.4 Å². The van der Waals surface area contributed by atoms with Crippen LogP contribution in [0.1, 0.15) is 30.1 Å². The van der Waals surface area contributed by atoms with Crippen LogP contribution in [0.2, 0.25) is 0 Å². The van der Waals surface area contributed by atoms with E-state index in [0.29, 0.717) is 41.0 Å². The molecule has 0 radical (unpaired) electrons. The highest BCUT2D eigenvalue weighted by Crippen LogP contribution is 2.50. The number of hydrogen-bond donors (Lipinski definition) is 2. The molecule has 4 amide bonds. The molecule has 2 unspecified atom stereocenters. The largest absolute Gasteiger partial charge is 0.455 e. The van der Waals surface area contributed by atoms with Crippen LogP contribution in [0.5, 0.6) is 11.5 Å². The second-order valence-electron chi connectivity index (χ2n) is 9.87. The Kier molecular flexibility index (Phi) is 6.89. The summed E-state index contributed by atoms with van der Waals surface area (Å²) in [5.74, 6) is 0.966. The van der Waals surface area contributed by atoms with E-state index in [2.05, 4.69) is 27.2 Å². The van der Waals surface area contributed by atoms with Gasteiger partial charge in [0.05, 0.1) is 23.1 Å². The third kappa shape index (κ3) is 4.77. The minimum Gasteiger partial charge on any atom is -0.455 e. The Morgan fingerprint density at radius 2 is 2.00 bits per heavy atom. The van der Waals surface area contributed by atoms with Crippen LogP contribution in [0, 0.1) is 6.92 Å². The van der Waals surface area contributed by atoms with Gasteiger partial charge < -0.3 is 20.3 Å². The summed E-state index contributed by atoms with van der Waals surface area (Å²) in [4.78, 5) is 51.0. The van der Waals surface area contributed by atoms with Crippen LogP contribution in [-0.2, 0) is 9.59 Å². The molecule has 2 aromatic heterocycles. The van der Waals surface area contributed by atoms with Crippen molar-refractivity contribution in [2.24, 2.45) is 0 Å². The molecular weight excluding hydrogens is 528 g/mol. The molecule has 40 heavy (non-hydrogen) atoms. The predicted octanol–water partition coefficient (Wildman–Crippen LogP) is 4.25. The van der Waals surface area contributed by atoms with Crippen molar-refractivity contribution in [1.29, 1.82) is 0 Å². The fourth-order valence-electron chi connectivity index (χ4n) is 5.36. The smallest absolute Gasteiger partial charge is 0.327 e. The maximum atomic E-state index is 13.4. The van der Waals surface area contributed by atoms with E-state index in [0.717, 1.165) is 24.1 Å². The van der Waals surface area contributed by atoms with Crippen LogP contribution in [0.15, 0.2) is 72.5 Å². The minimum atomic E-state index is -0.571. The fourth-order valence-corrected chi connectivity index (χ4v) is 6.59. The molecule has 10 nitrogen and oxygen atoms in total. The number of hydrogen-bond acceptors (Lipinski definition) is 7. The molecule has 6 rings (SSSR count). The molecule has 2 N–H and O–H groups in total. The summed E-state index contributed by atoms with van der Waals surface area (Å²) < 4.78 is 5.96. The SMILES string of the molecule is C=CC(=O)N1CCCC(NC(=O)[C@@H]2Sc3nccc4c3C2NC(=O)N4c2ccc(Oc3cccnc3C)cc2)C1. The molecule has 0 spiro atoms. The van der Waals surface area contributed by atoms with Crippen LogP contribution >= 0.6 is 11.8 Å². The Balaban J connectivity index is 1.20. The van der Waals surface area contributed by atoms with Crippen molar-refractivity contribution >= 4 is 41.0 Å². The van der Waals surface area contributed by atoms with Crippen molar-refractivity contribution in [2.75, 3.05) is 18.0 Å². The molecule has 3 aliphatic heterocycles. The number of carbonyl (C=O) groups is 3. The summed E-state index contributed by atoms with van der Waals surface area (Å²) >= 11 is 1.35. The third-order valence-corrected chi connectivity index (χ3v) is 8.59. The first-order chi connectivity index (χ1) is 19.4. The van der Waals surface area contributed by atoms with Gasteiger partial charge in [0.15, 0.2) is 0 Å². The van der Waals surface area contributed by atoms with E-state index in [1.807, 2.05) is 31.2 Å². The first-order valence-electron chi connectivity index (χ1n) is 13.1. The Morgan fingerprint density at radius 3 is 2.77 bits per heavy atom. The Morgan fingerprint density at radius 1 is 1.18 bits per heavy atom. The predicted molar refractivity (Wildman–Crippen MR) is 151 cm³/mol. The third-order valence-electron chi connectivity index (χ3n) is 7.30. The second-order valence-corrected chi connectivity index (χ2v) is 11.0. The lowest BCUT2D eigenvalue weighted by Gasteiger charge is -2.35. The van der Waals surface area contributed by atoms with Crippen molar-refractivity contribution < 1.29 is 19.1 Å². The molecular formula is C29H28N6O4S. The normalized spacial score (nSPS) is 21.3. The molecule has 1 fully saturated rings. The zero-order valence-corrected chi connectivity index (χ0v) is 22.7. The van der Waals surface area contributed by atoms with E-state index >= 15 is 0 Å². The van der Waals surface area contributed by atoms with Gasteiger partial charge >= 0.3 is 6.03 Å². The Labute approximate surface area is 235 Å². The summed E-state index contributed by atoms with van der Waals surface area (Å²) in [5, 5.41) is 6.28. The van der Waals surface area contributed by atoms with Gasteiger partial charge in [0.2, 0.25) is 11.8 Å². The van der Waals surface area contributed by atoms with Crippen LogP contribution in [0.3, 0.4) is 0 Å². The number of amides is 4. The number of benzene rings is 1. The van der Waals surface area contributed by atoms with Gasteiger partial charge in [0.25, 0.3) is 0 Å². The molecule has 0 saturated carbocycles. The van der Waals surface area contributed by atoms with Gasteiger partial charge in [0, 0.05) is 37.1 Å². The molecule has 0 aliphatic carbocycles. The number of aromatic nitrogens is 2. The minimum absolute atomic E-state index is 0.137. The molecule has 1 aromatic carbocycles. The van der Waals surface area contributed by atoms with Crippen molar-refractivity contribution in [3.8, 4) is 11.5 Å². The van der Waals surface area contributed by atoms with Crippen molar-refractivity contribution in [3.05, 3.63) is 78.8 Å². The lowest BCUT2D eigenvalue weighted by Crippen LogP contribution is -2.53. The average molecular weight is 557 g/mol. The first-order valence-corrected chi connectivity index (χ1v) is 14.0. The van der Waals surface area contributed by atoms with E-state index < -0.39 is 11.3 Å². The summed E-state index contributed by atoms with van der Waals surface area (Å²) in [7, 11) is 0. The molecule has 1 saturated heterocycles. The molecule has 3 aromatic rings. The van der Waals surface area contributed by atoms with Crippen molar-refractivity contribution in [3.63, 3.8) is 0 Å². The zero-order valence-electron chi connectivity index (χ0n) is 21.9. The molecule has 5 heterocycles. The summed E-state index contributed by atoms with van der Waals surface area (Å²) in [6, 6.07) is 11.7. The standard InChI is InChI=1S/C29H28N6O4S/c1-3-23(36)34-15-5-6-18(16-34)32-27(37)26-25-24-21(12-14-31-28(24)40-26)35(29(38)33-25)19-8-10-20(11-9-19)39-22-7-4-13-30-17(22)2/h3-4,7-14,18,25-26H,1,5-6,15-16H2,2H3,(H,32,37)(H,33,38)/t18?,25?,26-/m1/s1. The highest BCUT2D eigenvalue weighted by Gasteiger charge is 2.47. The second kappa shape index (κ2) is 10.6. The van der Waals surface area contributed by atoms with Gasteiger partial charge in [0.1, 0.15) is 21.8 Å². The monoisotopic (exact) mass is 556 g/mol. The molecule has 3 atom stereocenters. The lowest BCUT2D eigenvalue weighted by atomic mass is 9.99. The Hall–Kier alpha value is -4.38. The lowest BCUT2D eigenvalue weighted by molar-refractivity contribution is -0.129. The van der Waals surface area contributed by atoms with Crippen LogP contribution in [0.4, 0.5) is 16.2 Å². The van der Waals surface area contributed by atoms with E-state index in [1.54, 1.807) is 40.4 Å². The quantitative estimate of drug-likeness (QED) is 0.436. The van der Waals surface area contributed by atoms with Gasteiger partial charge in [-0.1, -0.05) is 18.3 Å². The van der Waals surface area contributed by atoms with Gasteiger partial charge in [-0.2, -0.15) is 0 Å². The number of piperidine rings is 1. The molecule has 11 heteroatoms. The Bertz CT molecular complexity index is 1500. The number of rotatable bonds is 6. The van der Waals surface area contributed by atoms with Crippen molar-refractivity contribution in [1.82, 2.24) is 25.5 Å². The van der Waals surface area contributed by atoms with Gasteiger partial charge in [-0.3, -0.25) is 19.5 Å². The van der Waals surface area contributed by atoms with Crippen LogP contribution in [-0.4, -0.2) is 57.1 Å². The van der Waals surface area contributed by atoms with Crippen molar-refractivity contribution in [2.45, 2.75) is 42.1 Å². The topological polar surface area (TPSA) is 117 Å². The number of likely N-dealkylation sites (tertiary alicyclic amines) is 1.